The molecular formula is C16H22N2O2S. The van der Waals surface area contributed by atoms with Gasteiger partial charge >= 0.3 is 0 Å². The van der Waals surface area contributed by atoms with E-state index in [-0.39, 0.29) is 6.04 Å². The molecule has 1 N–H and O–H groups in total. The van der Waals surface area contributed by atoms with Crippen molar-refractivity contribution in [3.05, 3.63) is 45.9 Å². The van der Waals surface area contributed by atoms with E-state index >= 15 is 0 Å². The number of nitrogens with one attached hydrogen (secondary N) is 1. The Balaban J connectivity index is 2.13. The first kappa shape index (κ1) is 15.9. The van der Waals surface area contributed by atoms with Gasteiger partial charge in [-0.1, -0.05) is 18.2 Å². The van der Waals surface area contributed by atoms with E-state index in [1.807, 2.05) is 32.2 Å². The number of thiazole rings is 1. The number of ether oxygens (including phenoxy) is 2. The number of hydrogen-bond donors (Lipinski definition) is 1. The van der Waals surface area contributed by atoms with Crippen molar-refractivity contribution in [2.75, 3.05) is 27.4 Å². The Kier molecular flexibility index (Phi) is 6.17. The Bertz CT molecular complexity index is 557. The number of nitrogens with zero attached hydrogens (tertiary/aromatic N) is 1. The van der Waals surface area contributed by atoms with E-state index in [0.717, 1.165) is 28.4 Å². The van der Waals surface area contributed by atoms with Crippen molar-refractivity contribution >= 4 is 11.3 Å². The quantitative estimate of drug-likeness (QED) is 0.762. The van der Waals surface area contributed by atoms with E-state index in [4.69, 9.17) is 9.47 Å². The highest BCUT2D eigenvalue weighted by Gasteiger charge is 2.16. The first-order chi connectivity index (χ1) is 10.2. The van der Waals surface area contributed by atoms with E-state index < -0.39 is 0 Å². The van der Waals surface area contributed by atoms with Gasteiger partial charge in [0.05, 0.1) is 11.6 Å². The van der Waals surface area contributed by atoms with E-state index in [9.17, 15) is 0 Å². The maximum absolute atomic E-state index is 5.82. The van der Waals surface area contributed by atoms with Crippen molar-refractivity contribution in [1.29, 1.82) is 0 Å². The van der Waals surface area contributed by atoms with Gasteiger partial charge in [0.2, 0.25) is 0 Å². The monoisotopic (exact) mass is 306 g/mol. The predicted molar refractivity (Wildman–Crippen MR) is 86.2 cm³/mol. The average molecular weight is 306 g/mol. The summed E-state index contributed by atoms with van der Waals surface area (Å²) in [5, 5.41) is 6.59. The number of aryl methyl sites for hydroxylation is 1. The molecule has 0 amide bonds. The van der Waals surface area contributed by atoms with Crippen LogP contribution in [0.2, 0.25) is 0 Å². The summed E-state index contributed by atoms with van der Waals surface area (Å²) in [4.78, 5) is 4.55. The fraction of sp³-hybridized carbons (Fsp3) is 0.438. The van der Waals surface area contributed by atoms with Crippen molar-refractivity contribution in [2.24, 2.45) is 0 Å². The summed E-state index contributed by atoms with van der Waals surface area (Å²) in [6, 6.07) is 8.32. The molecule has 0 radical (unpaired) electrons. The summed E-state index contributed by atoms with van der Waals surface area (Å²) < 4.78 is 10.9. The number of methoxy groups -OCH3 is 1. The average Bonchev–Trinajstić information content (AvgIpc) is 2.91. The molecule has 1 aromatic heterocycles. The Morgan fingerprint density at radius 3 is 2.76 bits per heavy atom. The minimum absolute atomic E-state index is 0.189. The van der Waals surface area contributed by atoms with Crippen LogP contribution in [0.15, 0.2) is 29.6 Å². The summed E-state index contributed by atoms with van der Waals surface area (Å²) in [7, 11) is 3.65. The zero-order valence-corrected chi connectivity index (χ0v) is 13.6. The van der Waals surface area contributed by atoms with Crippen LogP contribution in [0.3, 0.4) is 0 Å². The van der Waals surface area contributed by atoms with E-state index in [1.54, 1.807) is 18.4 Å². The summed E-state index contributed by atoms with van der Waals surface area (Å²) in [5.41, 5.74) is 2.23. The molecule has 114 valence electrons. The van der Waals surface area contributed by atoms with E-state index in [2.05, 4.69) is 21.7 Å². The van der Waals surface area contributed by atoms with Crippen LogP contribution in [0.5, 0.6) is 5.75 Å². The van der Waals surface area contributed by atoms with Gasteiger partial charge in [-0.3, -0.25) is 0 Å². The molecule has 2 aromatic rings. The molecule has 0 saturated heterocycles. The van der Waals surface area contributed by atoms with Crippen LogP contribution >= 0.6 is 11.3 Å². The smallest absolute Gasteiger partial charge is 0.124 e. The number of aromatic nitrogens is 1. The van der Waals surface area contributed by atoms with Crippen LogP contribution in [-0.4, -0.2) is 32.4 Å². The molecule has 1 atom stereocenters. The largest absolute Gasteiger partial charge is 0.491 e. The van der Waals surface area contributed by atoms with Crippen molar-refractivity contribution < 1.29 is 9.47 Å². The Labute approximate surface area is 130 Å². The first-order valence-corrected chi connectivity index (χ1v) is 7.91. The van der Waals surface area contributed by atoms with Gasteiger partial charge < -0.3 is 14.8 Å². The second-order valence-corrected chi connectivity index (χ2v) is 5.75. The Hall–Kier alpha value is -1.43. The lowest BCUT2D eigenvalue weighted by atomic mass is 10.0. The summed E-state index contributed by atoms with van der Waals surface area (Å²) in [5.74, 6) is 0.905. The zero-order valence-electron chi connectivity index (χ0n) is 12.8. The molecule has 21 heavy (non-hydrogen) atoms. The second-order valence-electron chi connectivity index (χ2n) is 4.81. The summed E-state index contributed by atoms with van der Waals surface area (Å²) in [6.45, 7) is 3.17. The lowest BCUT2D eigenvalue weighted by Gasteiger charge is -2.19. The Morgan fingerprint density at radius 2 is 2.10 bits per heavy atom. The van der Waals surface area contributed by atoms with Gasteiger partial charge in [-0.2, -0.15) is 0 Å². The van der Waals surface area contributed by atoms with E-state index in [0.29, 0.717) is 13.2 Å². The van der Waals surface area contributed by atoms with Gasteiger partial charge in [-0.05, 0) is 20.0 Å². The lowest BCUT2D eigenvalue weighted by Crippen LogP contribution is -2.20. The zero-order chi connectivity index (χ0) is 15.1. The van der Waals surface area contributed by atoms with Crippen LogP contribution in [0.1, 0.15) is 22.3 Å². The van der Waals surface area contributed by atoms with Crippen molar-refractivity contribution in [1.82, 2.24) is 10.3 Å². The molecule has 0 bridgehead atoms. The predicted octanol–water partition coefficient (Wildman–Crippen LogP) is 2.98. The minimum atomic E-state index is 0.189. The fourth-order valence-electron chi connectivity index (χ4n) is 2.17. The Morgan fingerprint density at radius 1 is 1.29 bits per heavy atom. The number of rotatable bonds is 8. The van der Waals surface area contributed by atoms with Crippen molar-refractivity contribution in [3.63, 3.8) is 0 Å². The molecule has 0 aliphatic rings. The van der Waals surface area contributed by atoms with Crippen LogP contribution < -0.4 is 10.1 Å². The van der Waals surface area contributed by atoms with Crippen LogP contribution in [0.25, 0.3) is 0 Å². The molecule has 1 heterocycles. The summed E-state index contributed by atoms with van der Waals surface area (Å²) >= 11 is 1.70. The second kappa shape index (κ2) is 8.12. The molecule has 1 aromatic carbocycles. The molecular weight excluding hydrogens is 284 g/mol. The molecule has 1 unspecified atom stereocenters. The molecule has 0 saturated carbocycles. The first-order valence-electron chi connectivity index (χ1n) is 7.03. The van der Waals surface area contributed by atoms with Crippen LogP contribution in [0, 0.1) is 6.92 Å². The molecule has 0 fully saturated rings. The maximum Gasteiger partial charge on any atom is 0.124 e. The number of likely N-dealkylation sites (N-methyl/N-ethyl adjacent to an activating group) is 1. The maximum atomic E-state index is 5.82. The number of para-hydroxylation sites is 1. The van der Waals surface area contributed by atoms with Gasteiger partial charge in [0.25, 0.3) is 0 Å². The minimum Gasteiger partial charge on any atom is -0.491 e. The van der Waals surface area contributed by atoms with Crippen molar-refractivity contribution in [3.8, 4) is 5.75 Å². The lowest BCUT2D eigenvalue weighted by molar-refractivity contribution is 0.145. The van der Waals surface area contributed by atoms with Crippen LogP contribution in [-0.2, 0) is 11.2 Å². The molecule has 0 aliphatic heterocycles. The molecule has 5 heteroatoms. The van der Waals surface area contributed by atoms with Crippen LogP contribution in [0.4, 0.5) is 0 Å². The van der Waals surface area contributed by atoms with Gasteiger partial charge in [0, 0.05) is 36.2 Å². The van der Waals surface area contributed by atoms with E-state index in [1.165, 1.54) is 0 Å². The van der Waals surface area contributed by atoms with Gasteiger partial charge in [0.15, 0.2) is 0 Å². The van der Waals surface area contributed by atoms with Gasteiger partial charge in [-0.15, -0.1) is 11.3 Å². The number of benzene rings is 1. The molecule has 0 aliphatic carbocycles. The highest BCUT2D eigenvalue weighted by Crippen LogP contribution is 2.28. The standard InChI is InChI=1S/C16H22N2O2S/c1-12-11-21-16(18-12)10-14(17-2)13-6-4-5-7-15(13)20-9-8-19-3/h4-7,11,14,17H,8-10H2,1-3H3. The third kappa shape index (κ3) is 4.52. The fourth-order valence-corrected chi connectivity index (χ4v) is 2.99. The third-order valence-corrected chi connectivity index (χ3v) is 4.22. The normalized spacial score (nSPS) is 12.3. The van der Waals surface area contributed by atoms with Gasteiger partial charge in [-0.25, -0.2) is 4.98 Å². The molecule has 4 nitrogen and oxygen atoms in total. The third-order valence-electron chi connectivity index (χ3n) is 3.23. The topological polar surface area (TPSA) is 43.4 Å². The molecule has 0 spiro atoms. The number of hydrogen-bond acceptors (Lipinski definition) is 5. The highest BCUT2D eigenvalue weighted by atomic mass is 32.1. The summed E-state index contributed by atoms with van der Waals surface area (Å²) in [6.07, 6.45) is 0.861. The van der Waals surface area contributed by atoms with Gasteiger partial charge in [0.1, 0.15) is 12.4 Å². The SMILES string of the molecule is CNC(Cc1nc(C)cs1)c1ccccc1OCCOC. The molecule has 2 rings (SSSR count). The highest BCUT2D eigenvalue weighted by molar-refractivity contribution is 7.09. The van der Waals surface area contributed by atoms with Crippen molar-refractivity contribution in [2.45, 2.75) is 19.4 Å².